The van der Waals surface area contributed by atoms with Crippen LogP contribution in [0.4, 0.5) is 5.69 Å². The van der Waals surface area contributed by atoms with Gasteiger partial charge in [-0.15, -0.1) is 0 Å². The first-order valence-corrected chi connectivity index (χ1v) is 7.24. The summed E-state index contributed by atoms with van der Waals surface area (Å²) in [6.07, 6.45) is 3.03. The number of rotatable bonds is 5. The number of anilines is 1. The molecule has 1 aliphatic carbocycles. The van der Waals surface area contributed by atoms with Crippen LogP contribution in [0.2, 0.25) is 0 Å². The summed E-state index contributed by atoms with van der Waals surface area (Å²) >= 11 is 0. The van der Waals surface area contributed by atoms with E-state index in [9.17, 15) is 4.79 Å². The van der Waals surface area contributed by atoms with E-state index in [1.165, 1.54) is 5.52 Å². The van der Waals surface area contributed by atoms with Crippen molar-refractivity contribution >= 4 is 22.5 Å². The third-order valence-electron chi connectivity index (χ3n) is 3.83. The number of aromatic nitrogens is 1. The van der Waals surface area contributed by atoms with Crippen molar-refractivity contribution in [1.29, 1.82) is 0 Å². The van der Waals surface area contributed by atoms with Gasteiger partial charge in [0.25, 0.3) is 0 Å². The fourth-order valence-electron chi connectivity index (χ4n) is 2.63. The van der Waals surface area contributed by atoms with Gasteiger partial charge >= 0.3 is 0 Å². The molecule has 2 aromatic rings. The quantitative estimate of drug-likeness (QED) is 0.909. The Morgan fingerprint density at radius 2 is 2.25 bits per heavy atom. The van der Waals surface area contributed by atoms with E-state index in [1.807, 2.05) is 19.1 Å². The zero-order valence-corrected chi connectivity index (χ0v) is 11.9. The van der Waals surface area contributed by atoms with Crippen molar-refractivity contribution < 1.29 is 9.53 Å². The molecular weight excluding hydrogens is 252 g/mol. The van der Waals surface area contributed by atoms with E-state index in [0.29, 0.717) is 6.61 Å². The van der Waals surface area contributed by atoms with Crippen LogP contribution in [0.5, 0.6) is 0 Å². The van der Waals surface area contributed by atoms with Crippen molar-refractivity contribution in [3.8, 4) is 0 Å². The molecule has 1 aliphatic rings. The molecule has 1 heterocycles. The molecule has 2 atom stereocenters. The van der Waals surface area contributed by atoms with E-state index in [2.05, 4.69) is 35.1 Å². The molecule has 0 bridgehead atoms. The van der Waals surface area contributed by atoms with Crippen LogP contribution in [-0.2, 0) is 16.1 Å². The molecule has 0 radical (unpaired) electrons. The molecule has 4 nitrogen and oxygen atoms in total. The van der Waals surface area contributed by atoms with E-state index in [4.69, 9.17) is 4.74 Å². The summed E-state index contributed by atoms with van der Waals surface area (Å²) in [4.78, 5) is 12.1. The molecule has 0 saturated heterocycles. The molecule has 1 amide bonds. The number of benzene rings is 1. The Hall–Kier alpha value is -1.81. The third-order valence-corrected chi connectivity index (χ3v) is 3.83. The van der Waals surface area contributed by atoms with Gasteiger partial charge in [-0.3, -0.25) is 4.79 Å². The van der Waals surface area contributed by atoms with Crippen LogP contribution in [0.15, 0.2) is 30.5 Å². The Balaban J connectivity index is 1.70. The Labute approximate surface area is 118 Å². The van der Waals surface area contributed by atoms with Crippen LogP contribution in [0.25, 0.3) is 10.9 Å². The maximum atomic E-state index is 12.1. The number of fused-ring (bicyclic) bond motifs is 1. The minimum Gasteiger partial charge on any atom is -0.378 e. The van der Waals surface area contributed by atoms with Crippen LogP contribution in [0.3, 0.4) is 0 Å². The number of hydrogen-bond donors (Lipinski definition) is 1. The molecule has 3 rings (SSSR count). The minimum atomic E-state index is 0.0193. The van der Waals surface area contributed by atoms with Crippen molar-refractivity contribution in [3.05, 3.63) is 30.5 Å². The highest BCUT2D eigenvalue weighted by molar-refractivity contribution is 5.96. The predicted octanol–water partition coefficient (Wildman–Crippen LogP) is 3.02. The SMILES string of the molecule is CCO[C@H]1C[C@@H]1C(=O)Nc1ccc2c(ccn2CC)c1. The Kier molecular flexibility index (Phi) is 3.49. The van der Waals surface area contributed by atoms with E-state index >= 15 is 0 Å². The van der Waals surface area contributed by atoms with Gasteiger partial charge in [0.2, 0.25) is 5.91 Å². The second-order valence-electron chi connectivity index (χ2n) is 5.20. The lowest BCUT2D eigenvalue weighted by atomic mass is 10.2. The van der Waals surface area contributed by atoms with Gasteiger partial charge in [0.15, 0.2) is 0 Å². The summed E-state index contributed by atoms with van der Waals surface area (Å²) in [5.41, 5.74) is 2.06. The van der Waals surface area contributed by atoms with E-state index in [-0.39, 0.29) is 17.9 Å². The van der Waals surface area contributed by atoms with Gasteiger partial charge in [0, 0.05) is 35.9 Å². The molecule has 106 valence electrons. The molecule has 4 heteroatoms. The average Bonchev–Trinajstić information content (AvgIpc) is 3.10. The first-order valence-electron chi connectivity index (χ1n) is 7.24. The standard InChI is InChI=1S/C16H20N2O2/c1-3-18-8-7-11-9-12(5-6-14(11)18)17-16(19)13-10-15(13)20-4-2/h5-9,13,15H,3-4,10H2,1-2H3,(H,17,19)/t13-,15-/m0/s1. The average molecular weight is 272 g/mol. The number of carbonyl (C=O) groups is 1. The summed E-state index contributed by atoms with van der Waals surface area (Å²) in [5.74, 6) is 0.0867. The molecule has 0 unspecified atom stereocenters. The first-order chi connectivity index (χ1) is 9.72. The van der Waals surface area contributed by atoms with Crippen LogP contribution in [-0.4, -0.2) is 23.2 Å². The summed E-state index contributed by atoms with van der Waals surface area (Å²) in [6.45, 7) is 5.70. The molecule has 0 spiro atoms. The largest absolute Gasteiger partial charge is 0.378 e. The number of carbonyl (C=O) groups excluding carboxylic acids is 1. The number of aryl methyl sites for hydroxylation is 1. The van der Waals surface area contributed by atoms with Crippen molar-refractivity contribution in [2.45, 2.75) is 32.9 Å². The van der Waals surface area contributed by atoms with Gasteiger partial charge in [-0.25, -0.2) is 0 Å². The zero-order chi connectivity index (χ0) is 14.1. The lowest BCUT2D eigenvalue weighted by Crippen LogP contribution is -2.16. The Morgan fingerprint density at radius 1 is 1.40 bits per heavy atom. The summed E-state index contributed by atoms with van der Waals surface area (Å²) < 4.78 is 7.64. The van der Waals surface area contributed by atoms with Crippen molar-refractivity contribution in [1.82, 2.24) is 4.57 Å². The highest BCUT2D eigenvalue weighted by Crippen LogP contribution is 2.35. The fraction of sp³-hybridized carbons (Fsp3) is 0.438. The van der Waals surface area contributed by atoms with Crippen molar-refractivity contribution in [2.24, 2.45) is 5.92 Å². The molecule has 1 fully saturated rings. The molecule has 0 aliphatic heterocycles. The molecule has 1 saturated carbocycles. The molecule has 20 heavy (non-hydrogen) atoms. The topological polar surface area (TPSA) is 43.3 Å². The second kappa shape index (κ2) is 5.29. The first kappa shape index (κ1) is 13.2. The zero-order valence-electron chi connectivity index (χ0n) is 11.9. The maximum Gasteiger partial charge on any atom is 0.230 e. The van der Waals surface area contributed by atoms with E-state index in [0.717, 1.165) is 24.0 Å². The number of amides is 1. The number of nitrogens with zero attached hydrogens (tertiary/aromatic N) is 1. The maximum absolute atomic E-state index is 12.1. The van der Waals surface area contributed by atoms with Gasteiger partial charge in [0.1, 0.15) is 0 Å². The molecule has 1 aromatic carbocycles. The van der Waals surface area contributed by atoms with Crippen molar-refractivity contribution in [2.75, 3.05) is 11.9 Å². The van der Waals surface area contributed by atoms with Gasteiger partial charge < -0.3 is 14.6 Å². The van der Waals surface area contributed by atoms with Gasteiger partial charge in [0.05, 0.1) is 12.0 Å². The highest BCUT2D eigenvalue weighted by Gasteiger charge is 2.43. The molecule has 1 aromatic heterocycles. The van der Waals surface area contributed by atoms with E-state index in [1.54, 1.807) is 0 Å². The normalized spacial score (nSPS) is 21.1. The Bertz CT molecular complexity index is 632. The lowest BCUT2D eigenvalue weighted by Gasteiger charge is -2.06. The number of hydrogen-bond acceptors (Lipinski definition) is 2. The lowest BCUT2D eigenvalue weighted by molar-refractivity contribution is -0.118. The third kappa shape index (κ3) is 2.43. The van der Waals surface area contributed by atoms with E-state index < -0.39 is 0 Å². The summed E-state index contributed by atoms with van der Waals surface area (Å²) in [5, 5.41) is 4.14. The molecule has 1 N–H and O–H groups in total. The molecular formula is C16H20N2O2. The van der Waals surface area contributed by atoms with Crippen LogP contribution < -0.4 is 5.32 Å². The fourth-order valence-corrected chi connectivity index (χ4v) is 2.63. The Morgan fingerprint density at radius 3 is 3.00 bits per heavy atom. The van der Waals surface area contributed by atoms with Gasteiger partial charge in [-0.2, -0.15) is 0 Å². The van der Waals surface area contributed by atoms with Crippen LogP contribution in [0, 0.1) is 5.92 Å². The monoisotopic (exact) mass is 272 g/mol. The number of nitrogens with one attached hydrogen (secondary N) is 1. The minimum absolute atomic E-state index is 0.0193. The van der Waals surface area contributed by atoms with Crippen LogP contribution >= 0.6 is 0 Å². The summed E-state index contributed by atoms with van der Waals surface area (Å²) in [6, 6.07) is 8.12. The van der Waals surface area contributed by atoms with Crippen molar-refractivity contribution in [3.63, 3.8) is 0 Å². The van der Waals surface area contributed by atoms with Crippen LogP contribution in [0.1, 0.15) is 20.3 Å². The summed E-state index contributed by atoms with van der Waals surface area (Å²) in [7, 11) is 0. The van der Waals surface area contributed by atoms with Gasteiger partial charge in [-0.1, -0.05) is 0 Å². The second-order valence-corrected chi connectivity index (χ2v) is 5.20. The smallest absolute Gasteiger partial charge is 0.230 e. The highest BCUT2D eigenvalue weighted by atomic mass is 16.5. The van der Waals surface area contributed by atoms with Gasteiger partial charge in [-0.05, 0) is 44.5 Å². The predicted molar refractivity (Wildman–Crippen MR) is 79.8 cm³/mol. The number of ether oxygens (including phenoxy) is 1.